The average molecular weight is 367 g/mol. The van der Waals surface area contributed by atoms with E-state index in [9.17, 15) is 4.79 Å². The Bertz CT molecular complexity index is 555. The van der Waals surface area contributed by atoms with Gasteiger partial charge in [0.2, 0.25) is 0 Å². The largest absolute Gasteiger partial charge is 0.496 e. The summed E-state index contributed by atoms with van der Waals surface area (Å²) in [5, 5.41) is 2.97. The molecule has 0 saturated heterocycles. The second-order valence-corrected chi connectivity index (χ2v) is 7.14. The molecule has 148 valence electrons. The number of methoxy groups -OCH3 is 3. The molecule has 6 nitrogen and oxygen atoms in total. The van der Waals surface area contributed by atoms with Crippen molar-refractivity contribution in [1.82, 2.24) is 5.32 Å². The number of hydrogen-bond donors (Lipinski definition) is 1. The van der Waals surface area contributed by atoms with Crippen molar-refractivity contribution in [2.45, 2.75) is 65.0 Å². The molecule has 0 aliphatic heterocycles. The minimum absolute atomic E-state index is 0.285. The smallest absolute Gasteiger partial charge is 0.408 e. The molecule has 0 aliphatic rings. The van der Waals surface area contributed by atoms with E-state index in [2.05, 4.69) is 12.2 Å². The summed E-state index contributed by atoms with van der Waals surface area (Å²) in [6.07, 6.45) is 3.43. The van der Waals surface area contributed by atoms with Gasteiger partial charge in [0, 0.05) is 12.1 Å². The normalized spacial score (nSPS) is 12.3. The molecule has 1 unspecified atom stereocenters. The molecule has 0 radical (unpaired) electrons. The molecule has 1 N–H and O–H groups in total. The van der Waals surface area contributed by atoms with Crippen molar-refractivity contribution in [1.29, 1.82) is 0 Å². The van der Waals surface area contributed by atoms with Gasteiger partial charge >= 0.3 is 6.09 Å². The van der Waals surface area contributed by atoms with Crippen LogP contribution in [0.1, 0.15) is 65.0 Å². The molecular weight excluding hydrogens is 334 g/mol. The zero-order chi connectivity index (χ0) is 19.7. The highest BCUT2D eigenvalue weighted by atomic mass is 16.6. The van der Waals surface area contributed by atoms with E-state index >= 15 is 0 Å². The molecule has 0 aromatic heterocycles. The predicted molar refractivity (Wildman–Crippen MR) is 102 cm³/mol. The first-order valence-electron chi connectivity index (χ1n) is 9.05. The Morgan fingerprint density at radius 2 is 1.62 bits per heavy atom. The summed E-state index contributed by atoms with van der Waals surface area (Å²) in [5.74, 6) is 1.85. The summed E-state index contributed by atoms with van der Waals surface area (Å²) in [6, 6.07) is 3.30. The number of hydrogen-bond acceptors (Lipinski definition) is 5. The molecule has 0 spiro atoms. The van der Waals surface area contributed by atoms with Gasteiger partial charge in [0.15, 0.2) is 0 Å². The van der Waals surface area contributed by atoms with Crippen molar-refractivity contribution in [3.05, 3.63) is 17.7 Å². The van der Waals surface area contributed by atoms with Crippen molar-refractivity contribution in [3.63, 3.8) is 0 Å². The number of alkyl carbamates (subject to hydrolysis) is 1. The molecule has 1 rings (SSSR count). The second-order valence-electron chi connectivity index (χ2n) is 7.14. The molecule has 1 aromatic rings. The standard InChI is InChI=1S/C20H33NO5/c1-8-9-10-11-15(21-19(22)26-20(2,3)4)18-16(24-6)12-14(23-5)13-17(18)25-7/h12-13,15H,8-11H2,1-7H3,(H,21,22). The number of amides is 1. The second kappa shape index (κ2) is 10.1. The Morgan fingerprint density at radius 1 is 1.04 bits per heavy atom. The third-order valence-electron chi connectivity index (χ3n) is 3.89. The number of carbonyl (C=O) groups excluding carboxylic acids is 1. The number of nitrogens with one attached hydrogen (secondary N) is 1. The van der Waals surface area contributed by atoms with Crippen molar-refractivity contribution in [2.75, 3.05) is 21.3 Å². The molecule has 26 heavy (non-hydrogen) atoms. The summed E-state index contributed by atoms with van der Waals surface area (Å²) in [4.78, 5) is 12.4. The van der Waals surface area contributed by atoms with Crippen LogP contribution < -0.4 is 19.5 Å². The lowest BCUT2D eigenvalue weighted by molar-refractivity contribution is 0.0499. The quantitative estimate of drug-likeness (QED) is 0.632. The van der Waals surface area contributed by atoms with Crippen LogP contribution in [0.2, 0.25) is 0 Å². The molecule has 1 aromatic carbocycles. The molecular formula is C20H33NO5. The number of carbonyl (C=O) groups is 1. The summed E-state index contributed by atoms with van der Waals surface area (Å²) < 4.78 is 21.8. The molecule has 6 heteroatoms. The summed E-state index contributed by atoms with van der Waals surface area (Å²) in [5.41, 5.74) is 0.226. The first kappa shape index (κ1) is 21.9. The van der Waals surface area contributed by atoms with Gasteiger partial charge in [0.25, 0.3) is 0 Å². The summed E-state index contributed by atoms with van der Waals surface area (Å²) >= 11 is 0. The van der Waals surface area contributed by atoms with Crippen LogP contribution >= 0.6 is 0 Å². The van der Waals surface area contributed by atoms with Crippen LogP contribution in [0.15, 0.2) is 12.1 Å². The fourth-order valence-electron chi connectivity index (χ4n) is 2.71. The predicted octanol–water partition coefficient (Wildman–Crippen LogP) is 4.86. The van der Waals surface area contributed by atoms with Crippen LogP contribution in [0.25, 0.3) is 0 Å². The molecule has 0 heterocycles. The van der Waals surface area contributed by atoms with E-state index < -0.39 is 11.7 Å². The molecule has 1 amide bonds. The van der Waals surface area contributed by atoms with Crippen LogP contribution in [-0.2, 0) is 4.74 Å². The van der Waals surface area contributed by atoms with Crippen LogP contribution in [0.4, 0.5) is 4.79 Å². The first-order chi connectivity index (χ1) is 12.3. The zero-order valence-electron chi connectivity index (χ0n) is 17.1. The highest BCUT2D eigenvalue weighted by molar-refractivity contribution is 5.69. The molecule has 0 bridgehead atoms. The van der Waals surface area contributed by atoms with Crippen molar-refractivity contribution in [2.24, 2.45) is 0 Å². The van der Waals surface area contributed by atoms with E-state index in [0.717, 1.165) is 31.2 Å². The van der Waals surface area contributed by atoms with Gasteiger partial charge in [-0.05, 0) is 27.2 Å². The van der Waals surface area contributed by atoms with E-state index in [1.807, 2.05) is 20.8 Å². The third kappa shape index (κ3) is 6.65. The van der Waals surface area contributed by atoms with E-state index in [-0.39, 0.29) is 6.04 Å². The monoisotopic (exact) mass is 367 g/mol. The van der Waals surface area contributed by atoms with Crippen LogP contribution in [0.3, 0.4) is 0 Å². The van der Waals surface area contributed by atoms with Crippen molar-refractivity contribution >= 4 is 6.09 Å². The van der Waals surface area contributed by atoms with Crippen LogP contribution in [0.5, 0.6) is 17.2 Å². The Kier molecular flexibility index (Phi) is 8.55. The van der Waals surface area contributed by atoms with Gasteiger partial charge in [-0.2, -0.15) is 0 Å². The number of benzene rings is 1. The van der Waals surface area contributed by atoms with Gasteiger partial charge in [-0.1, -0.05) is 26.2 Å². The van der Waals surface area contributed by atoms with Crippen LogP contribution in [0, 0.1) is 0 Å². The average Bonchev–Trinajstić information content (AvgIpc) is 2.58. The van der Waals surface area contributed by atoms with E-state index in [4.69, 9.17) is 18.9 Å². The molecule has 0 fully saturated rings. The Morgan fingerprint density at radius 3 is 2.04 bits per heavy atom. The maximum atomic E-state index is 12.4. The lowest BCUT2D eigenvalue weighted by atomic mass is 9.98. The zero-order valence-corrected chi connectivity index (χ0v) is 17.1. The van der Waals surface area contributed by atoms with Gasteiger partial charge in [0.1, 0.15) is 22.8 Å². The number of ether oxygens (including phenoxy) is 4. The minimum atomic E-state index is -0.563. The van der Waals surface area contributed by atoms with Gasteiger partial charge in [-0.25, -0.2) is 4.79 Å². The van der Waals surface area contributed by atoms with Crippen molar-refractivity contribution < 1.29 is 23.7 Å². The first-order valence-corrected chi connectivity index (χ1v) is 9.05. The van der Waals surface area contributed by atoms with Crippen molar-refractivity contribution in [3.8, 4) is 17.2 Å². The maximum Gasteiger partial charge on any atom is 0.408 e. The lowest BCUT2D eigenvalue weighted by Crippen LogP contribution is -2.35. The molecule has 0 aliphatic carbocycles. The minimum Gasteiger partial charge on any atom is -0.496 e. The topological polar surface area (TPSA) is 66.0 Å². The van der Waals surface area contributed by atoms with Gasteiger partial charge in [0.05, 0.1) is 32.9 Å². The van der Waals surface area contributed by atoms with Gasteiger partial charge < -0.3 is 24.3 Å². The van der Waals surface area contributed by atoms with E-state index in [0.29, 0.717) is 17.2 Å². The van der Waals surface area contributed by atoms with Gasteiger partial charge in [-0.3, -0.25) is 0 Å². The van der Waals surface area contributed by atoms with Crippen LogP contribution in [-0.4, -0.2) is 33.0 Å². The fraction of sp³-hybridized carbons (Fsp3) is 0.650. The molecule has 0 saturated carbocycles. The van der Waals surface area contributed by atoms with E-state index in [1.54, 1.807) is 33.5 Å². The summed E-state index contributed by atoms with van der Waals surface area (Å²) in [7, 11) is 4.77. The Balaban J connectivity index is 3.21. The Labute approximate surface area is 157 Å². The van der Waals surface area contributed by atoms with E-state index in [1.165, 1.54) is 0 Å². The highest BCUT2D eigenvalue weighted by Gasteiger charge is 2.26. The lowest BCUT2D eigenvalue weighted by Gasteiger charge is -2.26. The SMILES string of the molecule is CCCCCC(NC(=O)OC(C)(C)C)c1c(OC)cc(OC)cc1OC. The fourth-order valence-corrected chi connectivity index (χ4v) is 2.71. The number of unbranched alkanes of at least 4 members (excludes halogenated alkanes) is 2. The highest BCUT2D eigenvalue weighted by Crippen LogP contribution is 2.40. The Hall–Kier alpha value is -2.11. The third-order valence-corrected chi connectivity index (χ3v) is 3.89. The van der Waals surface area contributed by atoms with Gasteiger partial charge in [-0.15, -0.1) is 0 Å². The maximum absolute atomic E-state index is 12.4. The summed E-state index contributed by atoms with van der Waals surface area (Å²) in [6.45, 7) is 7.67. The number of rotatable bonds is 9. The molecule has 1 atom stereocenters.